The molecule has 0 saturated heterocycles. The minimum atomic E-state index is -0.147. The maximum atomic E-state index is 11.7. The van der Waals surface area contributed by atoms with E-state index in [0.717, 1.165) is 10.6 Å². The molecule has 0 spiro atoms. The highest BCUT2D eigenvalue weighted by molar-refractivity contribution is 7.99. The third-order valence-electron chi connectivity index (χ3n) is 2.99. The molecule has 0 atom stereocenters. The second kappa shape index (κ2) is 8.34. The van der Waals surface area contributed by atoms with Gasteiger partial charge in [0.15, 0.2) is 0 Å². The van der Waals surface area contributed by atoms with Gasteiger partial charge in [0.1, 0.15) is 0 Å². The number of carbonyl (C=O) groups excluding carboxylic acids is 1. The van der Waals surface area contributed by atoms with Crippen molar-refractivity contribution in [3.05, 3.63) is 59.8 Å². The highest BCUT2D eigenvalue weighted by Gasteiger charge is 2.02. The molecular formula is C17H19N3OS. The monoisotopic (exact) mass is 313 g/mol. The Balaban J connectivity index is 1.78. The number of aromatic nitrogens is 1. The van der Waals surface area contributed by atoms with E-state index in [4.69, 9.17) is 0 Å². The molecule has 22 heavy (non-hydrogen) atoms. The molecule has 1 aromatic carbocycles. The van der Waals surface area contributed by atoms with Crippen LogP contribution in [0.1, 0.15) is 30.9 Å². The van der Waals surface area contributed by atoms with Gasteiger partial charge in [-0.15, -0.1) is 0 Å². The Kier molecular flexibility index (Phi) is 6.15. The lowest BCUT2D eigenvalue weighted by Crippen LogP contribution is -2.19. The summed E-state index contributed by atoms with van der Waals surface area (Å²) in [6.07, 6.45) is 3.35. The number of hydrogen-bond donors (Lipinski definition) is 1. The van der Waals surface area contributed by atoms with Crippen molar-refractivity contribution in [1.29, 1.82) is 0 Å². The van der Waals surface area contributed by atoms with Crippen molar-refractivity contribution in [3.63, 3.8) is 0 Å². The fourth-order valence-corrected chi connectivity index (χ4v) is 2.40. The second-order valence-corrected chi connectivity index (χ2v) is 6.07. The van der Waals surface area contributed by atoms with Crippen LogP contribution in [0.5, 0.6) is 0 Å². The van der Waals surface area contributed by atoms with E-state index in [1.54, 1.807) is 12.4 Å². The molecule has 0 aliphatic heterocycles. The first-order valence-electron chi connectivity index (χ1n) is 7.11. The van der Waals surface area contributed by atoms with Crippen molar-refractivity contribution in [3.8, 4) is 0 Å². The lowest BCUT2D eigenvalue weighted by Gasteiger charge is -2.04. The van der Waals surface area contributed by atoms with Gasteiger partial charge in [-0.2, -0.15) is 5.10 Å². The van der Waals surface area contributed by atoms with Crippen LogP contribution in [0.2, 0.25) is 0 Å². The number of nitrogens with one attached hydrogen (secondary N) is 1. The van der Waals surface area contributed by atoms with Crippen molar-refractivity contribution >= 4 is 23.9 Å². The Labute approximate surface area is 135 Å². The summed E-state index contributed by atoms with van der Waals surface area (Å²) in [5, 5.41) is 4.79. The van der Waals surface area contributed by atoms with Crippen molar-refractivity contribution < 1.29 is 4.79 Å². The maximum Gasteiger partial charge on any atom is 0.250 e. The third-order valence-corrected chi connectivity index (χ3v) is 3.94. The van der Waals surface area contributed by atoms with E-state index < -0.39 is 0 Å². The SMILES string of the molecule is CC(C)c1ccc(C=NNC(=O)CSc2ccccn2)cc1. The van der Waals surface area contributed by atoms with E-state index in [2.05, 4.69) is 41.5 Å². The number of nitrogens with zero attached hydrogens (tertiary/aromatic N) is 2. The number of hydrazone groups is 1. The molecule has 0 fully saturated rings. The molecule has 0 unspecified atom stereocenters. The van der Waals surface area contributed by atoms with Gasteiger partial charge < -0.3 is 0 Å². The lowest BCUT2D eigenvalue weighted by molar-refractivity contribution is -0.118. The summed E-state index contributed by atoms with van der Waals surface area (Å²) < 4.78 is 0. The zero-order valence-electron chi connectivity index (χ0n) is 12.7. The molecule has 1 heterocycles. The number of rotatable bonds is 6. The van der Waals surface area contributed by atoms with Crippen LogP contribution in [0.15, 0.2) is 58.8 Å². The number of pyridine rings is 1. The predicted molar refractivity (Wildman–Crippen MR) is 91.2 cm³/mol. The van der Waals surface area contributed by atoms with Crippen molar-refractivity contribution in [2.75, 3.05) is 5.75 Å². The molecule has 0 bridgehead atoms. The Morgan fingerprint density at radius 3 is 2.68 bits per heavy atom. The van der Waals surface area contributed by atoms with E-state index in [1.165, 1.54) is 17.3 Å². The summed E-state index contributed by atoms with van der Waals surface area (Å²) in [4.78, 5) is 15.8. The van der Waals surface area contributed by atoms with Crippen molar-refractivity contribution in [2.45, 2.75) is 24.8 Å². The summed E-state index contributed by atoms with van der Waals surface area (Å²) in [5.74, 6) is 0.653. The average Bonchev–Trinajstić information content (AvgIpc) is 2.54. The summed E-state index contributed by atoms with van der Waals surface area (Å²) in [6, 6.07) is 13.7. The molecule has 5 heteroatoms. The smallest absolute Gasteiger partial charge is 0.250 e. The number of benzene rings is 1. The standard InChI is InChI=1S/C17H19N3OS/c1-13(2)15-8-6-14(7-9-15)11-19-20-16(21)12-22-17-5-3-4-10-18-17/h3-11,13H,12H2,1-2H3,(H,20,21). The number of amides is 1. The van der Waals surface area contributed by atoms with Crippen molar-refractivity contribution in [1.82, 2.24) is 10.4 Å². The molecule has 0 aliphatic rings. The fraction of sp³-hybridized carbons (Fsp3) is 0.235. The van der Waals surface area contributed by atoms with Gasteiger partial charge in [-0.3, -0.25) is 4.79 Å². The third kappa shape index (κ3) is 5.33. The zero-order valence-corrected chi connectivity index (χ0v) is 13.5. The van der Waals surface area contributed by atoms with E-state index in [1.807, 2.05) is 30.3 Å². The Bertz CT molecular complexity index is 624. The van der Waals surface area contributed by atoms with Gasteiger partial charge in [-0.1, -0.05) is 55.9 Å². The lowest BCUT2D eigenvalue weighted by atomic mass is 10.0. The van der Waals surface area contributed by atoms with Crippen LogP contribution in [-0.2, 0) is 4.79 Å². The van der Waals surface area contributed by atoms with Crippen molar-refractivity contribution in [2.24, 2.45) is 5.10 Å². The average molecular weight is 313 g/mol. The number of carbonyl (C=O) groups is 1. The Hall–Kier alpha value is -2.14. The number of hydrogen-bond acceptors (Lipinski definition) is 4. The normalized spacial score (nSPS) is 11.0. The summed E-state index contributed by atoms with van der Waals surface area (Å²) in [6.45, 7) is 4.31. The zero-order chi connectivity index (χ0) is 15.8. The topological polar surface area (TPSA) is 54.4 Å². The molecule has 2 aromatic rings. The van der Waals surface area contributed by atoms with Crippen LogP contribution in [-0.4, -0.2) is 22.9 Å². The van der Waals surface area contributed by atoms with Gasteiger partial charge in [0, 0.05) is 6.20 Å². The van der Waals surface area contributed by atoms with Gasteiger partial charge in [0.05, 0.1) is 17.0 Å². The molecule has 0 radical (unpaired) electrons. The quantitative estimate of drug-likeness (QED) is 0.505. The van der Waals surface area contributed by atoms with E-state index in [9.17, 15) is 4.79 Å². The minimum absolute atomic E-state index is 0.147. The molecular weight excluding hydrogens is 294 g/mol. The largest absolute Gasteiger partial charge is 0.272 e. The molecule has 114 valence electrons. The first-order valence-corrected chi connectivity index (χ1v) is 8.09. The Morgan fingerprint density at radius 2 is 2.05 bits per heavy atom. The van der Waals surface area contributed by atoms with Crippen LogP contribution in [0, 0.1) is 0 Å². The summed E-state index contributed by atoms with van der Waals surface area (Å²) >= 11 is 1.38. The summed E-state index contributed by atoms with van der Waals surface area (Å²) in [5.41, 5.74) is 4.77. The molecule has 0 saturated carbocycles. The molecule has 2 rings (SSSR count). The van der Waals surface area contributed by atoms with E-state index >= 15 is 0 Å². The van der Waals surface area contributed by atoms with E-state index in [-0.39, 0.29) is 5.91 Å². The molecule has 1 N–H and O–H groups in total. The highest BCUT2D eigenvalue weighted by Crippen LogP contribution is 2.14. The van der Waals surface area contributed by atoms with Crippen LogP contribution in [0.25, 0.3) is 0 Å². The van der Waals surface area contributed by atoms with E-state index in [0.29, 0.717) is 11.7 Å². The summed E-state index contributed by atoms with van der Waals surface area (Å²) in [7, 11) is 0. The van der Waals surface area contributed by atoms with Crippen LogP contribution >= 0.6 is 11.8 Å². The van der Waals surface area contributed by atoms with Gasteiger partial charge in [-0.25, -0.2) is 10.4 Å². The maximum absolute atomic E-state index is 11.7. The minimum Gasteiger partial charge on any atom is -0.272 e. The number of thioether (sulfide) groups is 1. The van der Waals surface area contributed by atoms with Gasteiger partial charge in [0.2, 0.25) is 5.91 Å². The predicted octanol–water partition coefficient (Wildman–Crippen LogP) is 3.45. The van der Waals surface area contributed by atoms with Crippen LogP contribution in [0.3, 0.4) is 0 Å². The highest BCUT2D eigenvalue weighted by atomic mass is 32.2. The van der Waals surface area contributed by atoms with Gasteiger partial charge in [-0.05, 0) is 29.2 Å². The first kappa shape index (κ1) is 16.2. The van der Waals surface area contributed by atoms with Crippen LogP contribution < -0.4 is 5.43 Å². The van der Waals surface area contributed by atoms with Gasteiger partial charge >= 0.3 is 0 Å². The second-order valence-electron chi connectivity index (χ2n) is 5.07. The molecule has 1 amide bonds. The molecule has 4 nitrogen and oxygen atoms in total. The fourth-order valence-electron chi connectivity index (χ4n) is 1.75. The Morgan fingerprint density at radius 1 is 1.27 bits per heavy atom. The molecule has 0 aliphatic carbocycles. The molecule has 1 aromatic heterocycles. The first-order chi connectivity index (χ1) is 10.6. The van der Waals surface area contributed by atoms with Gasteiger partial charge in [0.25, 0.3) is 0 Å². The van der Waals surface area contributed by atoms with Crippen LogP contribution in [0.4, 0.5) is 0 Å².